The maximum absolute atomic E-state index is 11.9. The number of nitrogens with zero attached hydrogens (tertiary/aromatic N) is 1. The fourth-order valence-corrected chi connectivity index (χ4v) is 2.11. The van der Waals surface area contributed by atoms with Crippen LogP contribution >= 0.6 is 12.2 Å². The monoisotopic (exact) mass is 214 g/mol. The highest BCUT2D eigenvalue weighted by Crippen LogP contribution is 2.13. The van der Waals surface area contributed by atoms with Crippen LogP contribution in [0.4, 0.5) is 0 Å². The number of piperidine rings is 1. The molecular formula is C9H14N2O2S. The van der Waals surface area contributed by atoms with Crippen molar-refractivity contribution in [1.29, 1.82) is 0 Å². The Morgan fingerprint density at radius 2 is 2.43 bits per heavy atom. The third-order valence-electron chi connectivity index (χ3n) is 2.64. The number of carbonyl (C=O) groups is 1. The number of thiocarbonyl (C=S) groups is 1. The third-order valence-corrected chi connectivity index (χ3v) is 2.97. The summed E-state index contributed by atoms with van der Waals surface area (Å²) in [4.78, 5) is 13.5. The van der Waals surface area contributed by atoms with Crippen molar-refractivity contribution >= 4 is 23.3 Å². The lowest BCUT2D eigenvalue weighted by molar-refractivity contribution is -0.129. The smallest absolute Gasteiger partial charge is 0.266 e. The van der Waals surface area contributed by atoms with Crippen LogP contribution in [-0.4, -0.2) is 41.7 Å². The first-order valence-electron chi connectivity index (χ1n) is 5.00. The van der Waals surface area contributed by atoms with E-state index in [9.17, 15) is 4.79 Å². The van der Waals surface area contributed by atoms with Gasteiger partial charge in [0, 0.05) is 0 Å². The highest BCUT2D eigenvalue weighted by molar-refractivity contribution is 7.80. The molecule has 0 spiro atoms. The van der Waals surface area contributed by atoms with E-state index in [2.05, 4.69) is 5.32 Å². The van der Waals surface area contributed by atoms with Gasteiger partial charge in [-0.25, -0.2) is 0 Å². The van der Waals surface area contributed by atoms with Crippen molar-refractivity contribution in [2.45, 2.75) is 25.3 Å². The quantitative estimate of drug-likeness (QED) is 0.636. The molecule has 0 radical (unpaired) electrons. The van der Waals surface area contributed by atoms with Gasteiger partial charge in [0.25, 0.3) is 5.17 Å². The fraction of sp³-hybridized carbons (Fsp3) is 0.778. The topological polar surface area (TPSA) is 41.6 Å². The number of ether oxygens (including phenoxy) is 1. The summed E-state index contributed by atoms with van der Waals surface area (Å²) in [5.41, 5.74) is 0. The Morgan fingerprint density at radius 1 is 1.57 bits per heavy atom. The van der Waals surface area contributed by atoms with Crippen molar-refractivity contribution in [3.8, 4) is 0 Å². The molecule has 1 atom stereocenters. The molecule has 2 rings (SSSR count). The van der Waals surface area contributed by atoms with E-state index in [1.807, 2.05) is 0 Å². The van der Waals surface area contributed by atoms with Gasteiger partial charge in [-0.3, -0.25) is 9.69 Å². The van der Waals surface area contributed by atoms with Crippen LogP contribution in [0.1, 0.15) is 19.3 Å². The maximum atomic E-state index is 11.9. The number of hydrogen-bond donors (Lipinski definition) is 1. The second-order valence-corrected chi connectivity index (χ2v) is 3.96. The number of amides is 1. The molecule has 2 saturated heterocycles. The van der Waals surface area contributed by atoms with Gasteiger partial charge in [-0.1, -0.05) is 6.42 Å². The Morgan fingerprint density at radius 3 is 3.00 bits per heavy atom. The van der Waals surface area contributed by atoms with Crippen molar-refractivity contribution in [3.05, 3.63) is 0 Å². The first-order valence-corrected chi connectivity index (χ1v) is 5.41. The lowest BCUT2D eigenvalue weighted by Gasteiger charge is -2.25. The minimum absolute atomic E-state index is 0.0524. The van der Waals surface area contributed by atoms with Crippen molar-refractivity contribution in [1.82, 2.24) is 10.2 Å². The van der Waals surface area contributed by atoms with Crippen molar-refractivity contribution in [3.63, 3.8) is 0 Å². The molecule has 1 amide bonds. The predicted octanol–water partition coefficient (Wildman–Crippen LogP) is 0.272. The maximum Gasteiger partial charge on any atom is 0.266 e. The average molecular weight is 214 g/mol. The number of hydrogen-bond acceptors (Lipinski definition) is 4. The van der Waals surface area contributed by atoms with Gasteiger partial charge in [-0.05, 0) is 31.6 Å². The zero-order chi connectivity index (χ0) is 9.97. The van der Waals surface area contributed by atoms with Gasteiger partial charge in [0.05, 0.1) is 12.6 Å². The first kappa shape index (κ1) is 9.86. The molecule has 5 heteroatoms. The summed E-state index contributed by atoms with van der Waals surface area (Å²) in [5, 5.41) is 3.55. The number of nitrogens with one attached hydrogen (secondary N) is 1. The van der Waals surface area contributed by atoms with E-state index in [-0.39, 0.29) is 11.9 Å². The SMILES string of the molecule is O=C([C@H]1CCCCN1)N1CCOC1=S. The minimum atomic E-state index is -0.0524. The van der Waals surface area contributed by atoms with Crippen molar-refractivity contribution in [2.75, 3.05) is 19.7 Å². The lowest BCUT2D eigenvalue weighted by atomic mass is 10.0. The Labute approximate surface area is 88.6 Å². The molecule has 78 valence electrons. The van der Waals surface area contributed by atoms with E-state index in [1.54, 1.807) is 4.90 Å². The third kappa shape index (κ3) is 1.88. The van der Waals surface area contributed by atoms with E-state index < -0.39 is 0 Å². The number of rotatable bonds is 1. The van der Waals surface area contributed by atoms with Crippen molar-refractivity contribution < 1.29 is 9.53 Å². The highest BCUT2D eigenvalue weighted by Gasteiger charge is 2.31. The molecule has 2 heterocycles. The largest absolute Gasteiger partial charge is 0.469 e. The molecule has 0 bridgehead atoms. The van der Waals surface area contributed by atoms with E-state index in [1.165, 1.54) is 0 Å². The van der Waals surface area contributed by atoms with Crippen LogP contribution < -0.4 is 5.32 Å². The summed E-state index contributed by atoms with van der Waals surface area (Å²) in [7, 11) is 0. The average Bonchev–Trinajstić information content (AvgIpc) is 2.65. The molecule has 1 N–H and O–H groups in total. The van der Waals surface area contributed by atoms with E-state index in [0.717, 1.165) is 25.8 Å². The molecule has 0 aliphatic carbocycles. The zero-order valence-electron chi connectivity index (χ0n) is 7.99. The Kier molecular flexibility index (Phi) is 2.98. The van der Waals surface area contributed by atoms with Crippen LogP contribution in [0.15, 0.2) is 0 Å². The van der Waals surface area contributed by atoms with Crippen LogP contribution in [0, 0.1) is 0 Å². The van der Waals surface area contributed by atoms with Crippen LogP contribution in [-0.2, 0) is 9.53 Å². The van der Waals surface area contributed by atoms with Gasteiger partial charge in [0.2, 0.25) is 5.91 Å². The first-order chi connectivity index (χ1) is 6.79. The molecule has 2 aliphatic heterocycles. The fourth-order valence-electron chi connectivity index (χ4n) is 1.84. The summed E-state index contributed by atoms with van der Waals surface area (Å²) in [5.74, 6) is 0.0761. The van der Waals surface area contributed by atoms with Crippen LogP contribution in [0.5, 0.6) is 0 Å². The summed E-state index contributed by atoms with van der Waals surface area (Å²) in [6.45, 7) is 2.07. The summed E-state index contributed by atoms with van der Waals surface area (Å²) in [6.07, 6.45) is 3.19. The number of carbonyl (C=O) groups excluding carboxylic acids is 1. The Bertz CT molecular complexity index is 251. The molecule has 0 aromatic rings. The Balaban J connectivity index is 1.96. The van der Waals surface area contributed by atoms with Gasteiger partial charge in [0.15, 0.2) is 0 Å². The Hall–Kier alpha value is -0.680. The summed E-state index contributed by atoms with van der Waals surface area (Å²) in [6, 6.07) is -0.0524. The summed E-state index contributed by atoms with van der Waals surface area (Å²) < 4.78 is 5.09. The predicted molar refractivity (Wildman–Crippen MR) is 55.9 cm³/mol. The standard InChI is InChI=1S/C9H14N2O2S/c12-8(7-3-1-2-4-10-7)11-5-6-13-9(11)14/h7,10H,1-6H2/t7-/m1/s1. The van der Waals surface area contributed by atoms with E-state index >= 15 is 0 Å². The van der Waals surface area contributed by atoms with Crippen LogP contribution in [0.2, 0.25) is 0 Å². The second-order valence-electron chi connectivity index (χ2n) is 3.61. The minimum Gasteiger partial charge on any atom is -0.469 e. The molecule has 0 aromatic heterocycles. The molecule has 2 fully saturated rings. The zero-order valence-corrected chi connectivity index (χ0v) is 8.81. The molecule has 4 nitrogen and oxygen atoms in total. The van der Waals surface area contributed by atoms with Gasteiger partial charge >= 0.3 is 0 Å². The highest BCUT2D eigenvalue weighted by atomic mass is 32.1. The van der Waals surface area contributed by atoms with Gasteiger partial charge in [-0.2, -0.15) is 0 Å². The second kappa shape index (κ2) is 4.23. The summed E-state index contributed by atoms with van der Waals surface area (Å²) >= 11 is 4.94. The normalized spacial score (nSPS) is 27.6. The van der Waals surface area contributed by atoms with E-state index in [4.69, 9.17) is 17.0 Å². The van der Waals surface area contributed by atoms with Gasteiger partial charge in [0.1, 0.15) is 6.61 Å². The van der Waals surface area contributed by atoms with Gasteiger partial charge < -0.3 is 10.1 Å². The lowest BCUT2D eigenvalue weighted by Crippen LogP contribution is -2.48. The van der Waals surface area contributed by atoms with Crippen LogP contribution in [0.25, 0.3) is 0 Å². The van der Waals surface area contributed by atoms with Crippen molar-refractivity contribution in [2.24, 2.45) is 0 Å². The molecule has 0 saturated carbocycles. The molecule has 2 aliphatic rings. The van der Waals surface area contributed by atoms with E-state index in [0.29, 0.717) is 18.3 Å². The van der Waals surface area contributed by atoms with Crippen LogP contribution in [0.3, 0.4) is 0 Å². The molecule has 0 unspecified atom stereocenters. The van der Waals surface area contributed by atoms with Gasteiger partial charge in [-0.15, -0.1) is 0 Å². The molecule has 14 heavy (non-hydrogen) atoms. The molecule has 0 aromatic carbocycles. The molecular weight excluding hydrogens is 200 g/mol.